The first-order valence-corrected chi connectivity index (χ1v) is 4.12. The Kier molecular flexibility index (Phi) is 1.85. The second-order valence-electron chi connectivity index (χ2n) is 3.03. The van der Waals surface area contributed by atoms with E-state index in [4.69, 9.17) is 0 Å². The Morgan fingerprint density at radius 1 is 1.07 bits per heavy atom. The highest BCUT2D eigenvalue weighted by Gasteiger charge is 2.05. The van der Waals surface area contributed by atoms with Crippen LogP contribution in [0.15, 0.2) is 30.3 Å². The molecule has 14 heavy (non-hydrogen) atoms. The van der Waals surface area contributed by atoms with Gasteiger partial charge >= 0.3 is 0 Å². The van der Waals surface area contributed by atoms with Crippen LogP contribution in [0.3, 0.4) is 0 Å². The van der Waals surface area contributed by atoms with Crippen molar-refractivity contribution in [1.82, 2.24) is 0 Å². The average molecular weight is 188 g/mol. The van der Waals surface area contributed by atoms with Gasteiger partial charge in [-0.05, 0) is 29.7 Å². The molecule has 2 rings (SSSR count). The second kappa shape index (κ2) is 3.03. The molecule has 2 aromatic rings. The first-order chi connectivity index (χ1) is 6.72. The van der Waals surface area contributed by atoms with Crippen LogP contribution in [0.4, 0.5) is 0 Å². The first-order valence-electron chi connectivity index (χ1n) is 4.12. The van der Waals surface area contributed by atoms with Crippen LogP contribution < -0.4 is 0 Å². The molecular weight excluding hydrogens is 180 g/mol. The van der Waals surface area contributed by atoms with Gasteiger partial charge in [0.25, 0.3) is 0 Å². The molecule has 2 aromatic carbocycles. The van der Waals surface area contributed by atoms with E-state index in [1.165, 1.54) is 18.2 Å². The maximum absolute atomic E-state index is 10.5. The summed E-state index contributed by atoms with van der Waals surface area (Å²) in [4.78, 5) is 10.5. The Hall–Kier alpha value is -2.03. The van der Waals surface area contributed by atoms with Crippen molar-refractivity contribution in [3.63, 3.8) is 0 Å². The number of phenols is 2. The summed E-state index contributed by atoms with van der Waals surface area (Å²) in [5.41, 5.74) is 0.253. The number of phenolic OH excluding ortho intramolecular Hbond substituents is 2. The van der Waals surface area contributed by atoms with E-state index in [2.05, 4.69) is 0 Å². The van der Waals surface area contributed by atoms with Crippen molar-refractivity contribution < 1.29 is 15.0 Å². The van der Waals surface area contributed by atoms with E-state index in [0.29, 0.717) is 17.1 Å². The Bertz CT molecular complexity index is 503. The second-order valence-corrected chi connectivity index (χ2v) is 3.03. The minimum Gasteiger partial charge on any atom is -0.508 e. The summed E-state index contributed by atoms with van der Waals surface area (Å²) in [7, 11) is 0. The zero-order chi connectivity index (χ0) is 10.1. The van der Waals surface area contributed by atoms with Crippen LogP contribution in [0.2, 0.25) is 0 Å². The van der Waals surface area contributed by atoms with Gasteiger partial charge in [-0.15, -0.1) is 0 Å². The van der Waals surface area contributed by atoms with Crippen molar-refractivity contribution in [2.75, 3.05) is 0 Å². The summed E-state index contributed by atoms with van der Waals surface area (Å²) >= 11 is 0. The highest BCUT2D eigenvalue weighted by atomic mass is 16.3. The minimum atomic E-state index is -0.0440. The van der Waals surface area contributed by atoms with Gasteiger partial charge in [0.2, 0.25) is 0 Å². The van der Waals surface area contributed by atoms with Crippen LogP contribution in [-0.4, -0.2) is 16.5 Å². The molecule has 0 amide bonds. The van der Waals surface area contributed by atoms with Crippen LogP contribution in [0.1, 0.15) is 10.4 Å². The molecule has 0 heterocycles. The molecule has 3 nitrogen and oxygen atoms in total. The zero-order valence-corrected chi connectivity index (χ0v) is 7.27. The van der Waals surface area contributed by atoms with Crippen molar-refractivity contribution in [2.45, 2.75) is 0 Å². The van der Waals surface area contributed by atoms with Gasteiger partial charge in [-0.1, -0.05) is 6.07 Å². The Morgan fingerprint density at radius 3 is 2.57 bits per heavy atom. The maximum atomic E-state index is 10.5. The lowest BCUT2D eigenvalue weighted by Crippen LogP contribution is -1.82. The number of hydrogen-bond donors (Lipinski definition) is 2. The lowest BCUT2D eigenvalue weighted by atomic mass is 10.1. The zero-order valence-electron chi connectivity index (χ0n) is 7.27. The highest BCUT2D eigenvalue weighted by Crippen LogP contribution is 2.29. The van der Waals surface area contributed by atoms with Gasteiger partial charge in [0.05, 0.1) is 5.56 Å². The number of rotatable bonds is 1. The average Bonchev–Trinajstić information content (AvgIpc) is 2.18. The summed E-state index contributed by atoms with van der Waals surface area (Å²) in [5.74, 6) is 0.0910. The van der Waals surface area contributed by atoms with E-state index < -0.39 is 0 Å². The number of benzene rings is 2. The molecule has 0 fully saturated rings. The van der Waals surface area contributed by atoms with E-state index in [9.17, 15) is 15.0 Å². The summed E-state index contributed by atoms with van der Waals surface area (Å²) in [6, 6.07) is 7.77. The van der Waals surface area contributed by atoms with Crippen LogP contribution in [-0.2, 0) is 0 Å². The Balaban J connectivity index is 2.83. The van der Waals surface area contributed by atoms with Crippen molar-refractivity contribution in [3.05, 3.63) is 35.9 Å². The maximum Gasteiger partial charge on any atom is 0.153 e. The van der Waals surface area contributed by atoms with Crippen LogP contribution in [0.5, 0.6) is 11.5 Å². The normalized spacial score (nSPS) is 10.3. The molecule has 0 aliphatic carbocycles. The standard InChI is InChI=1S/C11H8O3/c12-6-8-2-1-7-5-9(13)3-4-10(7)11(8)14/h1-6,13-14H. The molecule has 0 unspecified atom stereocenters. The molecule has 2 N–H and O–H groups in total. The fourth-order valence-corrected chi connectivity index (χ4v) is 1.41. The third-order valence-corrected chi connectivity index (χ3v) is 2.13. The van der Waals surface area contributed by atoms with Crippen molar-refractivity contribution in [3.8, 4) is 11.5 Å². The molecule has 0 radical (unpaired) electrons. The summed E-state index contributed by atoms with van der Waals surface area (Å²) in [6.45, 7) is 0. The predicted molar refractivity (Wildman–Crippen MR) is 52.7 cm³/mol. The largest absolute Gasteiger partial charge is 0.508 e. The predicted octanol–water partition coefficient (Wildman–Crippen LogP) is 2.06. The summed E-state index contributed by atoms with van der Waals surface area (Å²) in [6.07, 6.45) is 0.599. The Labute approximate surface area is 80.2 Å². The van der Waals surface area contributed by atoms with Gasteiger partial charge in [-0.25, -0.2) is 0 Å². The Morgan fingerprint density at radius 2 is 1.86 bits per heavy atom. The first kappa shape index (κ1) is 8.56. The number of aromatic hydroxyl groups is 2. The van der Waals surface area contributed by atoms with Crippen molar-refractivity contribution in [2.24, 2.45) is 0 Å². The number of carbonyl (C=O) groups excluding carboxylic acids is 1. The number of aldehydes is 1. The van der Waals surface area contributed by atoms with Gasteiger partial charge in [-0.2, -0.15) is 0 Å². The highest BCUT2D eigenvalue weighted by molar-refractivity contribution is 5.96. The topological polar surface area (TPSA) is 57.5 Å². The van der Waals surface area contributed by atoms with Gasteiger partial charge in [-0.3, -0.25) is 4.79 Å². The molecule has 0 saturated heterocycles. The number of carbonyl (C=O) groups is 1. The molecule has 0 saturated carbocycles. The molecule has 0 aliphatic rings. The molecule has 3 heteroatoms. The van der Waals surface area contributed by atoms with Crippen LogP contribution in [0, 0.1) is 0 Å². The van der Waals surface area contributed by atoms with Gasteiger partial charge < -0.3 is 10.2 Å². The fourth-order valence-electron chi connectivity index (χ4n) is 1.41. The molecular formula is C11H8O3. The van der Waals surface area contributed by atoms with E-state index in [1.807, 2.05) is 0 Å². The third kappa shape index (κ3) is 1.19. The molecule has 0 atom stereocenters. The number of fused-ring (bicyclic) bond motifs is 1. The van der Waals surface area contributed by atoms with Gasteiger partial charge in [0.15, 0.2) is 6.29 Å². The SMILES string of the molecule is O=Cc1ccc2cc(O)ccc2c1O. The van der Waals surface area contributed by atoms with Crippen LogP contribution in [0.25, 0.3) is 10.8 Å². The molecule has 0 aromatic heterocycles. The summed E-state index contributed by atoms with van der Waals surface area (Å²) in [5, 5.41) is 20.1. The van der Waals surface area contributed by atoms with Crippen molar-refractivity contribution >= 4 is 17.1 Å². The number of hydrogen-bond acceptors (Lipinski definition) is 3. The van der Waals surface area contributed by atoms with Crippen LogP contribution >= 0.6 is 0 Å². The summed E-state index contributed by atoms with van der Waals surface area (Å²) < 4.78 is 0. The fraction of sp³-hybridized carbons (Fsp3) is 0. The van der Waals surface area contributed by atoms with Gasteiger partial charge in [0, 0.05) is 5.39 Å². The molecule has 0 bridgehead atoms. The minimum absolute atomic E-state index is 0.0440. The molecule has 70 valence electrons. The third-order valence-electron chi connectivity index (χ3n) is 2.13. The van der Waals surface area contributed by atoms with Gasteiger partial charge in [0.1, 0.15) is 11.5 Å². The lowest BCUT2D eigenvalue weighted by molar-refractivity contribution is 0.112. The lowest BCUT2D eigenvalue weighted by Gasteiger charge is -2.03. The quantitative estimate of drug-likeness (QED) is 0.673. The molecule has 0 spiro atoms. The van der Waals surface area contributed by atoms with E-state index in [1.54, 1.807) is 12.1 Å². The van der Waals surface area contributed by atoms with Crippen molar-refractivity contribution in [1.29, 1.82) is 0 Å². The van der Waals surface area contributed by atoms with E-state index in [-0.39, 0.29) is 17.1 Å². The van der Waals surface area contributed by atoms with E-state index in [0.717, 1.165) is 0 Å². The smallest absolute Gasteiger partial charge is 0.153 e. The molecule has 0 aliphatic heterocycles. The van der Waals surface area contributed by atoms with E-state index >= 15 is 0 Å². The monoisotopic (exact) mass is 188 g/mol.